The molecule has 5 nitrogen and oxygen atoms in total. The van der Waals surface area contributed by atoms with Crippen molar-refractivity contribution in [3.05, 3.63) is 0 Å². The van der Waals surface area contributed by atoms with Gasteiger partial charge in [-0.15, -0.1) is 0 Å². The molecular formula is C6H13N3O2S2. The number of hydrogen-bond donors (Lipinski definition) is 1. The largest absolute Gasteiger partial charge is 0.444 e. The van der Waals surface area contributed by atoms with Gasteiger partial charge in [-0.25, -0.2) is 18.9 Å². The highest BCUT2D eigenvalue weighted by Crippen LogP contribution is 2.09. The van der Waals surface area contributed by atoms with Gasteiger partial charge in [-0.2, -0.15) is 0 Å². The number of carbonyl (C=O) groups is 1. The Morgan fingerprint density at radius 2 is 2.00 bits per heavy atom. The van der Waals surface area contributed by atoms with Crippen LogP contribution >= 0.6 is 24.4 Å². The summed E-state index contributed by atoms with van der Waals surface area (Å²) in [7, 11) is 5.26. The van der Waals surface area contributed by atoms with Crippen LogP contribution in [0.2, 0.25) is 0 Å². The van der Waals surface area contributed by atoms with Crippen LogP contribution in [0, 0.1) is 0 Å². The molecule has 0 aromatic heterocycles. The van der Waals surface area contributed by atoms with Crippen molar-refractivity contribution in [3.63, 3.8) is 0 Å². The van der Waals surface area contributed by atoms with E-state index in [-0.39, 0.29) is 0 Å². The molecule has 0 bridgehead atoms. The van der Waals surface area contributed by atoms with E-state index in [4.69, 9.17) is 0 Å². The molecule has 7 heteroatoms. The van der Waals surface area contributed by atoms with Crippen LogP contribution in [0.4, 0.5) is 4.79 Å². The molecule has 0 aliphatic carbocycles. The predicted molar refractivity (Wildman–Crippen MR) is 56.9 cm³/mol. The molecule has 0 aliphatic rings. The summed E-state index contributed by atoms with van der Waals surface area (Å²) < 4.78 is 3.11. The highest BCUT2D eigenvalue weighted by atomic mass is 32.2. The van der Waals surface area contributed by atoms with Crippen LogP contribution in [0.5, 0.6) is 0 Å². The van der Waals surface area contributed by atoms with Crippen LogP contribution in [0.15, 0.2) is 0 Å². The smallest absolute Gasteiger partial charge is 0.323 e. The van der Waals surface area contributed by atoms with Crippen LogP contribution in [-0.4, -0.2) is 40.8 Å². The van der Waals surface area contributed by atoms with E-state index >= 15 is 0 Å². The molecule has 76 valence electrons. The molecule has 0 atom stereocenters. The molecule has 0 aliphatic heterocycles. The first-order valence-corrected chi connectivity index (χ1v) is 4.64. The van der Waals surface area contributed by atoms with E-state index in [1.165, 1.54) is 16.4 Å². The van der Waals surface area contributed by atoms with Crippen molar-refractivity contribution in [1.82, 2.24) is 14.1 Å². The second-order valence-electron chi connectivity index (χ2n) is 2.42. The van der Waals surface area contributed by atoms with E-state index in [2.05, 4.69) is 22.5 Å². The molecule has 0 spiro atoms. The van der Waals surface area contributed by atoms with Crippen molar-refractivity contribution in [2.45, 2.75) is 6.92 Å². The molecule has 0 heterocycles. The first-order chi connectivity index (χ1) is 5.93. The predicted octanol–water partition coefficient (Wildman–Crippen LogP) is 1.03. The molecule has 13 heavy (non-hydrogen) atoms. The van der Waals surface area contributed by atoms with Gasteiger partial charge in [-0.1, -0.05) is 12.2 Å². The number of nitrogens with one attached hydrogen (secondary N) is 1. The Morgan fingerprint density at radius 1 is 1.46 bits per heavy atom. The number of hydrogen-bond acceptors (Lipinski definition) is 5. The lowest BCUT2D eigenvalue weighted by atomic mass is 10.8. The van der Waals surface area contributed by atoms with Gasteiger partial charge >= 0.3 is 6.09 Å². The lowest BCUT2D eigenvalue weighted by molar-refractivity contribution is 0.107. The molecule has 1 amide bonds. The van der Waals surface area contributed by atoms with Crippen molar-refractivity contribution in [2.24, 2.45) is 0 Å². The second-order valence-corrected chi connectivity index (χ2v) is 4.47. The number of thiocarbonyl (C=S) groups is 1. The van der Waals surface area contributed by atoms with Crippen LogP contribution in [0.1, 0.15) is 6.92 Å². The maximum Gasteiger partial charge on any atom is 0.444 e. The molecule has 0 aromatic rings. The summed E-state index contributed by atoms with van der Waals surface area (Å²) in [6, 6.07) is 0. The Bertz CT molecular complexity index is 198. The van der Waals surface area contributed by atoms with Crippen LogP contribution in [0.3, 0.4) is 0 Å². The molecule has 0 aromatic carbocycles. The fourth-order valence-corrected chi connectivity index (χ4v) is 1.09. The third kappa shape index (κ3) is 6.62. The van der Waals surface area contributed by atoms with E-state index < -0.39 is 6.09 Å². The van der Waals surface area contributed by atoms with Gasteiger partial charge in [0.05, 0.1) is 0 Å². The van der Waals surface area contributed by atoms with Crippen LogP contribution < -0.4 is 5.48 Å². The Labute approximate surface area is 87.6 Å². The minimum atomic E-state index is -0.497. The van der Waals surface area contributed by atoms with E-state index in [0.717, 1.165) is 0 Å². The van der Waals surface area contributed by atoms with Crippen LogP contribution in [0.25, 0.3) is 0 Å². The minimum absolute atomic E-state index is 0.414. The molecule has 1 N–H and O–H groups in total. The summed E-state index contributed by atoms with van der Waals surface area (Å²) >= 11 is 5.89. The van der Waals surface area contributed by atoms with Gasteiger partial charge in [0.15, 0.2) is 0 Å². The van der Waals surface area contributed by atoms with Crippen molar-refractivity contribution in [2.75, 3.05) is 21.1 Å². The van der Waals surface area contributed by atoms with E-state index in [0.29, 0.717) is 4.99 Å². The standard InChI is InChI=1S/C6H13N3O2S2/c1-5(12)7-11-6(10)9(4)13-8(2)3/h1-4H3,(H,7,12). The first-order valence-electron chi connectivity index (χ1n) is 3.50. The number of nitrogens with zero attached hydrogens (tertiary/aromatic N) is 2. The zero-order chi connectivity index (χ0) is 10.4. The number of rotatable bonds is 2. The molecular weight excluding hydrogens is 210 g/mol. The summed E-state index contributed by atoms with van der Waals surface area (Å²) in [6.45, 7) is 1.63. The summed E-state index contributed by atoms with van der Waals surface area (Å²) in [5.74, 6) is 0. The first kappa shape index (κ1) is 12.5. The Balaban J connectivity index is 3.76. The van der Waals surface area contributed by atoms with Gasteiger partial charge < -0.3 is 4.84 Å². The van der Waals surface area contributed by atoms with E-state index in [1.54, 1.807) is 18.3 Å². The minimum Gasteiger partial charge on any atom is -0.323 e. The Hall–Kier alpha value is -0.530. The van der Waals surface area contributed by atoms with Crippen LogP contribution in [-0.2, 0) is 4.84 Å². The highest BCUT2D eigenvalue weighted by Gasteiger charge is 2.11. The van der Waals surface area contributed by atoms with Crippen molar-refractivity contribution in [1.29, 1.82) is 0 Å². The summed E-state index contributed by atoms with van der Waals surface area (Å²) in [5, 5.41) is 0. The average Bonchev–Trinajstić information content (AvgIpc) is 1.98. The van der Waals surface area contributed by atoms with E-state index in [1.807, 2.05) is 14.1 Å². The molecule has 0 radical (unpaired) electrons. The molecule has 0 saturated carbocycles. The lowest BCUT2D eigenvalue weighted by Crippen LogP contribution is -2.31. The Kier molecular flexibility index (Phi) is 5.76. The topological polar surface area (TPSA) is 44.8 Å². The normalized spacial score (nSPS) is 9.62. The summed E-state index contributed by atoms with van der Waals surface area (Å²) in [4.78, 5) is 16.1. The third-order valence-electron chi connectivity index (χ3n) is 0.825. The number of amides is 1. The maximum atomic E-state index is 11.1. The monoisotopic (exact) mass is 223 g/mol. The zero-order valence-electron chi connectivity index (χ0n) is 8.03. The highest BCUT2D eigenvalue weighted by molar-refractivity contribution is 7.95. The van der Waals surface area contributed by atoms with Gasteiger partial charge in [0, 0.05) is 19.2 Å². The molecule has 0 fully saturated rings. The second kappa shape index (κ2) is 6.01. The number of carbonyl (C=O) groups excluding carboxylic acids is 1. The third-order valence-corrected chi connectivity index (χ3v) is 1.63. The van der Waals surface area contributed by atoms with Crippen molar-refractivity contribution >= 4 is 35.4 Å². The zero-order valence-corrected chi connectivity index (χ0v) is 9.66. The van der Waals surface area contributed by atoms with Gasteiger partial charge in [0.25, 0.3) is 0 Å². The quantitative estimate of drug-likeness (QED) is 0.428. The summed E-state index contributed by atoms with van der Waals surface area (Å²) in [6.07, 6.45) is -0.497. The molecule has 0 rings (SSSR count). The average molecular weight is 223 g/mol. The summed E-state index contributed by atoms with van der Waals surface area (Å²) in [5.41, 5.74) is 2.31. The molecule has 0 unspecified atom stereocenters. The van der Waals surface area contributed by atoms with Gasteiger partial charge in [-0.05, 0) is 21.0 Å². The van der Waals surface area contributed by atoms with E-state index in [9.17, 15) is 4.79 Å². The van der Waals surface area contributed by atoms with Gasteiger partial charge in [0.1, 0.15) is 4.99 Å². The van der Waals surface area contributed by atoms with Gasteiger partial charge in [0.2, 0.25) is 0 Å². The maximum absolute atomic E-state index is 11.1. The fourth-order valence-electron chi connectivity index (χ4n) is 0.458. The lowest BCUT2D eigenvalue weighted by Gasteiger charge is -2.18. The van der Waals surface area contributed by atoms with Gasteiger partial charge in [-0.3, -0.25) is 0 Å². The van der Waals surface area contributed by atoms with Crippen molar-refractivity contribution < 1.29 is 9.63 Å². The number of hydroxylamine groups is 1. The SMILES string of the molecule is CC(=S)NOC(=O)N(C)SN(C)C. The Morgan fingerprint density at radius 3 is 2.38 bits per heavy atom. The van der Waals surface area contributed by atoms with Crippen molar-refractivity contribution in [3.8, 4) is 0 Å². The fraction of sp³-hybridized carbons (Fsp3) is 0.667. The molecule has 0 saturated heterocycles.